The highest BCUT2D eigenvalue weighted by Gasteiger charge is 2.13. The van der Waals surface area contributed by atoms with Gasteiger partial charge in [-0.2, -0.15) is 4.39 Å². The van der Waals surface area contributed by atoms with Gasteiger partial charge in [0.25, 0.3) is 5.91 Å². The molecule has 0 spiro atoms. The fourth-order valence-electron chi connectivity index (χ4n) is 1.35. The molecule has 1 N–H and O–H groups in total. The Morgan fingerprint density at radius 2 is 2.31 bits per heavy atom. The van der Waals surface area contributed by atoms with Crippen LogP contribution < -0.4 is 0 Å². The van der Waals surface area contributed by atoms with Crippen LogP contribution in [-0.2, 0) is 0 Å². The molecular formula is C11H15FN2O2. The molecule has 16 heavy (non-hydrogen) atoms. The van der Waals surface area contributed by atoms with Crippen LogP contribution in [0.2, 0.25) is 0 Å². The molecule has 1 heterocycles. The Morgan fingerprint density at radius 1 is 1.56 bits per heavy atom. The van der Waals surface area contributed by atoms with Gasteiger partial charge in [-0.15, -0.1) is 0 Å². The van der Waals surface area contributed by atoms with Gasteiger partial charge in [0.2, 0.25) is 5.95 Å². The van der Waals surface area contributed by atoms with Crippen molar-refractivity contribution < 1.29 is 14.3 Å². The Bertz CT molecular complexity index is 340. The van der Waals surface area contributed by atoms with Gasteiger partial charge in [0, 0.05) is 25.9 Å². The lowest BCUT2D eigenvalue weighted by Crippen LogP contribution is -2.32. The number of rotatable bonds is 5. The summed E-state index contributed by atoms with van der Waals surface area (Å²) in [4.78, 5) is 16.9. The van der Waals surface area contributed by atoms with Crippen molar-refractivity contribution in [3.63, 3.8) is 0 Å². The first kappa shape index (κ1) is 12.6. The predicted octanol–water partition coefficient (Wildman–Crippen LogP) is 1.07. The zero-order valence-corrected chi connectivity index (χ0v) is 9.19. The second-order valence-corrected chi connectivity index (χ2v) is 3.33. The number of carbonyl (C=O) groups is 1. The van der Waals surface area contributed by atoms with Gasteiger partial charge in [0.15, 0.2) is 0 Å². The Labute approximate surface area is 93.7 Å². The van der Waals surface area contributed by atoms with E-state index in [0.717, 1.165) is 6.07 Å². The Balaban J connectivity index is 2.70. The summed E-state index contributed by atoms with van der Waals surface area (Å²) in [6.45, 7) is 2.94. The third-order valence-corrected chi connectivity index (χ3v) is 2.23. The molecule has 0 aromatic carbocycles. The molecule has 1 aromatic rings. The fourth-order valence-corrected chi connectivity index (χ4v) is 1.35. The minimum absolute atomic E-state index is 0.0471. The summed E-state index contributed by atoms with van der Waals surface area (Å²) in [5.41, 5.74) is 0.362. The summed E-state index contributed by atoms with van der Waals surface area (Å²) in [5, 5.41) is 8.70. The average Bonchev–Trinajstić information content (AvgIpc) is 2.30. The van der Waals surface area contributed by atoms with Gasteiger partial charge in [-0.1, -0.05) is 0 Å². The van der Waals surface area contributed by atoms with Crippen LogP contribution in [0.4, 0.5) is 4.39 Å². The molecule has 0 aliphatic carbocycles. The van der Waals surface area contributed by atoms with Gasteiger partial charge in [-0.05, 0) is 25.5 Å². The van der Waals surface area contributed by atoms with Crippen LogP contribution in [0.25, 0.3) is 0 Å². The molecule has 1 aromatic heterocycles. The van der Waals surface area contributed by atoms with E-state index >= 15 is 0 Å². The first-order valence-electron chi connectivity index (χ1n) is 5.20. The molecule has 0 fully saturated rings. The Hall–Kier alpha value is -1.49. The van der Waals surface area contributed by atoms with Crippen molar-refractivity contribution in [1.29, 1.82) is 0 Å². The van der Waals surface area contributed by atoms with Gasteiger partial charge in [-0.25, -0.2) is 4.98 Å². The number of hydrogen-bond acceptors (Lipinski definition) is 3. The molecule has 0 saturated heterocycles. The van der Waals surface area contributed by atoms with E-state index in [9.17, 15) is 9.18 Å². The van der Waals surface area contributed by atoms with Crippen LogP contribution >= 0.6 is 0 Å². The van der Waals surface area contributed by atoms with E-state index in [0.29, 0.717) is 25.1 Å². The molecule has 0 saturated carbocycles. The number of carbonyl (C=O) groups excluding carboxylic acids is 1. The molecular weight excluding hydrogens is 211 g/mol. The average molecular weight is 226 g/mol. The Kier molecular flexibility index (Phi) is 4.85. The van der Waals surface area contributed by atoms with Crippen LogP contribution in [0.3, 0.4) is 0 Å². The standard InChI is InChI=1S/C11H15FN2O2/c1-2-14(6-3-7-15)11(16)9-4-5-10(12)13-8-9/h4-5,8,15H,2-3,6-7H2,1H3. The van der Waals surface area contributed by atoms with E-state index in [1.54, 1.807) is 4.90 Å². The molecule has 5 heteroatoms. The molecule has 1 rings (SSSR count). The van der Waals surface area contributed by atoms with Crippen molar-refractivity contribution in [1.82, 2.24) is 9.88 Å². The molecule has 0 aliphatic rings. The highest BCUT2D eigenvalue weighted by molar-refractivity contribution is 5.93. The number of pyridine rings is 1. The third kappa shape index (κ3) is 3.27. The van der Waals surface area contributed by atoms with E-state index < -0.39 is 5.95 Å². The van der Waals surface area contributed by atoms with Crippen molar-refractivity contribution in [3.05, 3.63) is 29.8 Å². The summed E-state index contributed by atoms with van der Waals surface area (Å²) in [5.74, 6) is -0.793. The van der Waals surface area contributed by atoms with Crippen molar-refractivity contribution in [3.8, 4) is 0 Å². The van der Waals surface area contributed by atoms with Crippen LogP contribution in [0.1, 0.15) is 23.7 Å². The second-order valence-electron chi connectivity index (χ2n) is 3.33. The molecule has 88 valence electrons. The number of halogens is 1. The van der Waals surface area contributed by atoms with Crippen molar-refractivity contribution >= 4 is 5.91 Å². The Morgan fingerprint density at radius 3 is 2.81 bits per heavy atom. The minimum Gasteiger partial charge on any atom is -0.396 e. The monoisotopic (exact) mass is 226 g/mol. The highest BCUT2D eigenvalue weighted by Crippen LogP contribution is 2.05. The normalized spacial score (nSPS) is 10.2. The molecule has 0 radical (unpaired) electrons. The number of amides is 1. The number of aliphatic hydroxyl groups excluding tert-OH is 1. The van der Waals surface area contributed by atoms with Crippen LogP contribution in [0, 0.1) is 5.95 Å². The third-order valence-electron chi connectivity index (χ3n) is 2.23. The van der Waals surface area contributed by atoms with Gasteiger partial charge >= 0.3 is 0 Å². The summed E-state index contributed by atoms with van der Waals surface area (Å²) in [7, 11) is 0. The lowest BCUT2D eigenvalue weighted by molar-refractivity contribution is 0.0753. The lowest BCUT2D eigenvalue weighted by Gasteiger charge is -2.20. The fraction of sp³-hybridized carbons (Fsp3) is 0.455. The van der Waals surface area contributed by atoms with Gasteiger partial charge < -0.3 is 10.0 Å². The SMILES string of the molecule is CCN(CCCO)C(=O)c1ccc(F)nc1. The van der Waals surface area contributed by atoms with E-state index in [1.165, 1.54) is 12.3 Å². The molecule has 0 atom stereocenters. The first-order valence-corrected chi connectivity index (χ1v) is 5.20. The summed E-state index contributed by atoms with van der Waals surface area (Å²) in [6.07, 6.45) is 1.76. The molecule has 4 nitrogen and oxygen atoms in total. The van der Waals surface area contributed by atoms with E-state index in [-0.39, 0.29) is 12.5 Å². The zero-order chi connectivity index (χ0) is 12.0. The van der Waals surface area contributed by atoms with Crippen molar-refractivity contribution in [2.24, 2.45) is 0 Å². The largest absolute Gasteiger partial charge is 0.396 e. The van der Waals surface area contributed by atoms with Gasteiger partial charge in [-0.3, -0.25) is 4.79 Å². The number of nitrogens with zero attached hydrogens (tertiary/aromatic N) is 2. The maximum Gasteiger partial charge on any atom is 0.255 e. The summed E-state index contributed by atoms with van der Waals surface area (Å²) >= 11 is 0. The van der Waals surface area contributed by atoms with E-state index in [1.807, 2.05) is 6.92 Å². The predicted molar refractivity (Wildman–Crippen MR) is 57.5 cm³/mol. The van der Waals surface area contributed by atoms with Crippen molar-refractivity contribution in [2.45, 2.75) is 13.3 Å². The maximum absolute atomic E-state index is 12.6. The summed E-state index contributed by atoms with van der Waals surface area (Å²) < 4.78 is 12.6. The van der Waals surface area contributed by atoms with E-state index in [4.69, 9.17) is 5.11 Å². The molecule has 0 bridgehead atoms. The number of aromatic nitrogens is 1. The minimum atomic E-state index is -0.602. The highest BCUT2D eigenvalue weighted by atomic mass is 19.1. The van der Waals surface area contributed by atoms with Crippen LogP contribution in [-0.4, -0.2) is 40.6 Å². The van der Waals surface area contributed by atoms with Crippen LogP contribution in [0.15, 0.2) is 18.3 Å². The second kappa shape index (κ2) is 6.17. The van der Waals surface area contributed by atoms with Gasteiger partial charge in [0.05, 0.1) is 5.56 Å². The lowest BCUT2D eigenvalue weighted by atomic mass is 10.2. The molecule has 0 aliphatic heterocycles. The smallest absolute Gasteiger partial charge is 0.255 e. The number of aliphatic hydroxyl groups is 1. The van der Waals surface area contributed by atoms with E-state index in [2.05, 4.69) is 4.98 Å². The quantitative estimate of drug-likeness (QED) is 0.764. The first-order chi connectivity index (χ1) is 7.69. The molecule has 1 amide bonds. The zero-order valence-electron chi connectivity index (χ0n) is 9.19. The number of hydrogen-bond donors (Lipinski definition) is 1. The van der Waals surface area contributed by atoms with Crippen molar-refractivity contribution in [2.75, 3.05) is 19.7 Å². The van der Waals surface area contributed by atoms with Gasteiger partial charge in [0.1, 0.15) is 0 Å². The maximum atomic E-state index is 12.6. The topological polar surface area (TPSA) is 53.4 Å². The summed E-state index contributed by atoms with van der Waals surface area (Å²) in [6, 6.07) is 2.57. The van der Waals surface area contributed by atoms with Crippen LogP contribution in [0.5, 0.6) is 0 Å². The molecule has 0 unspecified atom stereocenters.